The summed E-state index contributed by atoms with van der Waals surface area (Å²) < 4.78 is 5.25. The third-order valence-electron chi connectivity index (χ3n) is 6.87. The van der Waals surface area contributed by atoms with Gasteiger partial charge in [0.15, 0.2) is 0 Å². The molecule has 4 rings (SSSR count). The smallest absolute Gasteiger partial charge is 0.233 e. The molecule has 2 atom stereocenters. The van der Waals surface area contributed by atoms with Gasteiger partial charge in [-0.05, 0) is 62.8 Å². The fourth-order valence-electron chi connectivity index (χ4n) is 5.21. The molecule has 9 heteroatoms. The fraction of sp³-hybridized carbons (Fsp3) is 0.625. The summed E-state index contributed by atoms with van der Waals surface area (Å²) in [6.45, 7) is 4.28. The molecule has 0 amide bonds. The monoisotopic (exact) mass is 473 g/mol. The quantitative estimate of drug-likeness (QED) is 0.478. The molecule has 1 aromatic carbocycles. The van der Waals surface area contributed by atoms with Crippen molar-refractivity contribution in [2.24, 2.45) is 5.92 Å². The summed E-state index contributed by atoms with van der Waals surface area (Å²) in [7, 11) is 1.59. The summed E-state index contributed by atoms with van der Waals surface area (Å²) in [4.78, 5) is 16.1. The van der Waals surface area contributed by atoms with Gasteiger partial charge in [-0.3, -0.25) is 0 Å². The standard InChI is InChI=1S/C24H36ClN7O/c1-3-20(19-10-7-13-27-19)32(15-16-8-5-4-6-9-16)24-30-22(26)29-23(31-24)28-17-11-12-21(33-2)18(25)14-17/h11-12,14,16,19-20,27H,3-10,13,15H2,1-2H3,(H3,26,28,29,30,31). The number of aromatic nitrogens is 3. The second-order valence-electron chi connectivity index (χ2n) is 9.13. The minimum absolute atomic E-state index is 0.213. The molecule has 8 nitrogen and oxygen atoms in total. The van der Waals surface area contributed by atoms with E-state index in [0.717, 1.165) is 25.2 Å². The van der Waals surface area contributed by atoms with E-state index in [0.29, 0.717) is 40.7 Å². The van der Waals surface area contributed by atoms with Crippen molar-refractivity contribution in [2.75, 3.05) is 36.1 Å². The van der Waals surface area contributed by atoms with E-state index in [1.807, 2.05) is 12.1 Å². The molecule has 1 saturated heterocycles. The van der Waals surface area contributed by atoms with Crippen LogP contribution in [0.15, 0.2) is 18.2 Å². The van der Waals surface area contributed by atoms with E-state index in [9.17, 15) is 0 Å². The lowest BCUT2D eigenvalue weighted by Gasteiger charge is -2.38. The Hall–Kier alpha value is -2.32. The first-order chi connectivity index (χ1) is 16.1. The second-order valence-corrected chi connectivity index (χ2v) is 9.53. The van der Waals surface area contributed by atoms with Crippen molar-refractivity contribution in [3.05, 3.63) is 23.2 Å². The van der Waals surface area contributed by atoms with E-state index in [2.05, 4.69) is 32.4 Å². The van der Waals surface area contributed by atoms with Crippen molar-refractivity contribution in [3.8, 4) is 5.75 Å². The lowest BCUT2D eigenvalue weighted by atomic mass is 9.88. The lowest BCUT2D eigenvalue weighted by Crippen LogP contribution is -2.50. The fourth-order valence-corrected chi connectivity index (χ4v) is 5.47. The number of nitrogens with one attached hydrogen (secondary N) is 2. The topological polar surface area (TPSA) is 101 Å². The molecule has 180 valence electrons. The number of nitrogens with zero attached hydrogens (tertiary/aromatic N) is 4. The zero-order valence-electron chi connectivity index (χ0n) is 19.7. The van der Waals surface area contributed by atoms with Gasteiger partial charge in [0.1, 0.15) is 5.75 Å². The van der Waals surface area contributed by atoms with Gasteiger partial charge in [-0.2, -0.15) is 15.0 Å². The number of methoxy groups -OCH3 is 1. The maximum atomic E-state index is 6.29. The Bertz CT molecular complexity index is 916. The molecule has 2 unspecified atom stereocenters. The van der Waals surface area contributed by atoms with Crippen LogP contribution in [0.5, 0.6) is 5.75 Å². The van der Waals surface area contributed by atoms with Crippen molar-refractivity contribution in [1.82, 2.24) is 20.3 Å². The van der Waals surface area contributed by atoms with Gasteiger partial charge in [0.2, 0.25) is 17.8 Å². The Morgan fingerprint density at radius 2 is 2.00 bits per heavy atom. The van der Waals surface area contributed by atoms with Crippen LogP contribution in [-0.4, -0.2) is 47.2 Å². The van der Waals surface area contributed by atoms with Crippen molar-refractivity contribution < 1.29 is 4.74 Å². The van der Waals surface area contributed by atoms with Gasteiger partial charge in [0.05, 0.1) is 12.1 Å². The highest BCUT2D eigenvalue weighted by molar-refractivity contribution is 6.32. The highest BCUT2D eigenvalue weighted by Crippen LogP contribution is 2.31. The van der Waals surface area contributed by atoms with Crippen LogP contribution in [0.3, 0.4) is 0 Å². The molecule has 33 heavy (non-hydrogen) atoms. The highest BCUT2D eigenvalue weighted by Gasteiger charge is 2.32. The molecule has 2 heterocycles. The van der Waals surface area contributed by atoms with Crippen LogP contribution in [0, 0.1) is 5.92 Å². The summed E-state index contributed by atoms with van der Waals surface area (Å²) in [5.41, 5.74) is 6.93. The molecule has 2 fully saturated rings. The largest absolute Gasteiger partial charge is 0.495 e. The summed E-state index contributed by atoms with van der Waals surface area (Å²) in [5, 5.41) is 7.45. The molecule has 0 radical (unpaired) electrons. The highest BCUT2D eigenvalue weighted by atomic mass is 35.5. The van der Waals surface area contributed by atoms with Crippen LogP contribution in [-0.2, 0) is 0 Å². The Morgan fingerprint density at radius 3 is 2.67 bits per heavy atom. The Kier molecular flexibility index (Phi) is 8.09. The van der Waals surface area contributed by atoms with Crippen LogP contribution < -0.4 is 26.0 Å². The van der Waals surface area contributed by atoms with Crippen molar-refractivity contribution in [1.29, 1.82) is 0 Å². The van der Waals surface area contributed by atoms with E-state index in [1.54, 1.807) is 13.2 Å². The van der Waals surface area contributed by atoms with Crippen LogP contribution in [0.1, 0.15) is 58.3 Å². The predicted octanol–water partition coefficient (Wildman–Crippen LogP) is 4.78. The van der Waals surface area contributed by atoms with Crippen LogP contribution in [0.2, 0.25) is 5.02 Å². The van der Waals surface area contributed by atoms with Gasteiger partial charge < -0.3 is 26.0 Å². The van der Waals surface area contributed by atoms with Crippen molar-refractivity contribution in [2.45, 2.75) is 70.4 Å². The number of nitrogen functional groups attached to an aromatic ring is 1. The van der Waals surface area contributed by atoms with Gasteiger partial charge in [-0.15, -0.1) is 0 Å². The zero-order valence-corrected chi connectivity index (χ0v) is 20.4. The number of ether oxygens (including phenoxy) is 1. The number of anilines is 4. The number of hydrogen-bond acceptors (Lipinski definition) is 8. The number of halogens is 1. The van der Waals surface area contributed by atoms with Gasteiger partial charge in [-0.1, -0.05) is 37.8 Å². The third kappa shape index (κ3) is 5.98. The van der Waals surface area contributed by atoms with Crippen LogP contribution in [0.25, 0.3) is 0 Å². The average molecular weight is 474 g/mol. The number of hydrogen-bond donors (Lipinski definition) is 3. The maximum absolute atomic E-state index is 6.29. The molecule has 4 N–H and O–H groups in total. The summed E-state index contributed by atoms with van der Waals surface area (Å²) in [6, 6.07) is 6.23. The predicted molar refractivity (Wildman–Crippen MR) is 135 cm³/mol. The molecule has 2 aliphatic rings. The summed E-state index contributed by atoms with van der Waals surface area (Å²) in [5.74, 6) is 2.55. The van der Waals surface area contributed by atoms with Gasteiger partial charge in [0.25, 0.3) is 0 Å². The number of rotatable bonds is 9. The minimum Gasteiger partial charge on any atom is -0.495 e. The Balaban J connectivity index is 1.62. The third-order valence-corrected chi connectivity index (χ3v) is 7.16. The molecule has 0 spiro atoms. The molecular formula is C24H36ClN7O. The van der Waals surface area contributed by atoms with Gasteiger partial charge in [0, 0.05) is 24.3 Å². The molecular weight excluding hydrogens is 438 g/mol. The van der Waals surface area contributed by atoms with Gasteiger partial charge in [-0.25, -0.2) is 0 Å². The van der Waals surface area contributed by atoms with E-state index in [1.165, 1.54) is 44.9 Å². The van der Waals surface area contributed by atoms with Crippen LogP contribution in [0.4, 0.5) is 23.5 Å². The average Bonchev–Trinajstić information content (AvgIpc) is 3.34. The first-order valence-corrected chi connectivity index (χ1v) is 12.6. The van der Waals surface area contributed by atoms with E-state index >= 15 is 0 Å². The molecule has 0 bridgehead atoms. The Labute approximate surface area is 201 Å². The van der Waals surface area contributed by atoms with Crippen LogP contribution >= 0.6 is 11.6 Å². The minimum atomic E-state index is 0.213. The molecule has 2 aromatic rings. The van der Waals surface area contributed by atoms with Gasteiger partial charge >= 0.3 is 0 Å². The number of nitrogens with two attached hydrogens (primary N) is 1. The normalized spacial score (nSPS) is 19.9. The first-order valence-electron chi connectivity index (χ1n) is 12.2. The summed E-state index contributed by atoms with van der Waals surface area (Å²) >= 11 is 6.29. The van der Waals surface area contributed by atoms with E-state index in [-0.39, 0.29) is 5.95 Å². The lowest BCUT2D eigenvalue weighted by molar-refractivity contribution is 0.332. The zero-order chi connectivity index (χ0) is 23.2. The van der Waals surface area contributed by atoms with E-state index in [4.69, 9.17) is 27.1 Å². The maximum Gasteiger partial charge on any atom is 0.233 e. The molecule has 1 saturated carbocycles. The molecule has 1 aliphatic heterocycles. The molecule has 1 aliphatic carbocycles. The van der Waals surface area contributed by atoms with E-state index < -0.39 is 0 Å². The molecule has 1 aromatic heterocycles. The summed E-state index contributed by atoms with van der Waals surface area (Å²) in [6.07, 6.45) is 9.89. The van der Waals surface area contributed by atoms with Crippen molar-refractivity contribution >= 4 is 35.1 Å². The van der Waals surface area contributed by atoms with Crippen molar-refractivity contribution in [3.63, 3.8) is 0 Å². The second kappa shape index (κ2) is 11.2. The SMILES string of the molecule is CCC(C1CCCN1)N(CC1CCCCC1)c1nc(N)nc(Nc2ccc(OC)c(Cl)c2)n1. The first kappa shape index (κ1) is 23.8. The number of benzene rings is 1. The Morgan fingerprint density at radius 1 is 1.18 bits per heavy atom.